The van der Waals surface area contributed by atoms with Crippen LogP contribution in [-0.4, -0.2) is 30.2 Å². The van der Waals surface area contributed by atoms with Crippen molar-refractivity contribution >= 4 is 15.8 Å². The fourth-order valence-corrected chi connectivity index (χ4v) is 5.22. The molecule has 3 heterocycles. The van der Waals surface area contributed by atoms with E-state index in [2.05, 4.69) is 19.9 Å². The van der Waals surface area contributed by atoms with Crippen LogP contribution in [0.15, 0.2) is 78.0 Å². The average Bonchev–Trinajstić information content (AvgIpc) is 2.88. The van der Waals surface area contributed by atoms with E-state index in [0.717, 1.165) is 24.4 Å². The highest BCUT2D eigenvalue weighted by Crippen LogP contribution is 2.44. The van der Waals surface area contributed by atoms with Gasteiger partial charge in [0.25, 0.3) is 10.0 Å². The highest BCUT2D eigenvalue weighted by atomic mass is 32.2. The van der Waals surface area contributed by atoms with Crippen molar-refractivity contribution in [3.05, 3.63) is 95.6 Å². The minimum atomic E-state index is -4.58. The molecule has 0 saturated heterocycles. The van der Waals surface area contributed by atoms with Gasteiger partial charge in [-0.2, -0.15) is 18.3 Å². The maximum atomic E-state index is 13.5. The van der Waals surface area contributed by atoms with Crippen LogP contribution < -0.4 is 9.46 Å². The Bertz CT molecular complexity index is 1550. The molecule has 1 atom stereocenters. The van der Waals surface area contributed by atoms with Crippen LogP contribution in [0.2, 0.25) is 0 Å². The van der Waals surface area contributed by atoms with Crippen molar-refractivity contribution in [2.24, 2.45) is 0 Å². The van der Waals surface area contributed by atoms with Crippen LogP contribution in [-0.2, 0) is 16.2 Å². The van der Waals surface area contributed by atoms with Crippen molar-refractivity contribution in [1.29, 1.82) is 0 Å². The lowest BCUT2D eigenvalue weighted by Gasteiger charge is -2.28. The summed E-state index contributed by atoms with van der Waals surface area (Å²) < 4.78 is 87.8. The normalized spacial score (nSPS) is 15.5. The summed E-state index contributed by atoms with van der Waals surface area (Å²) >= 11 is 0. The third-order valence-corrected chi connectivity index (χ3v) is 7.26. The molecule has 0 spiro atoms. The lowest BCUT2D eigenvalue weighted by atomic mass is 9.83. The number of hydrogen-bond acceptors (Lipinski definition) is 6. The summed E-state index contributed by atoms with van der Waals surface area (Å²) in [5.41, 5.74) is 0.663. The number of sulfonamides is 1. The Labute approximate surface area is 209 Å². The quantitative estimate of drug-likeness (QED) is 0.347. The van der Waals surface area contributed by atoms with Crippen LogP contribution in [0.25, 0.3) is 11.3 Å². The molecule has 2 aromatic carbocycles. The summed E-state index contributed by atoms with van der Waals surface area (Å²) in [6, 6.07) is 13.1. The summed E-state index contributed by atoms with van der Waals surface area (Å²) in [6.45, 7) is 0.204. The molecular weight excluding hydrogens is 512 g/mol. The first-order valence-electron chi connectivity index (χ1n) is 11.0. The highest BCUT2D eigenvalue weighted by molar-refractivity contribution is 7.92. The number of aromatic nitrogens is 3. The smallest absolute Gasteiger partial charge is 0.416 e. The van der Waals surface area contributed by atoms with Crippen LogP contribution in [0.5, 0.6) is 5.75 Å². The molecule has 0 fully saturated rings. The second kappa shape index (κ2) is 9.43. The summed E-state index contributed by atoms with van der Waals surface area (Å²) in [7, 11) is -4.01. The number of nitrogens with one attached hydrogen (secondary N) is 1. The molecule has 5 rings (SSSR count). The van der Waals surface area contributed by atoms with Crippen molar-refractivity contribution < 1.29 is 30.7 Å². The number of ether oxygens (including phenoxy) is 1. The van der Waals surface area contributed by atoms with Crippen LogP contribution in [0.1, 0.15) is 29.0 Å². The molecule has 0 radical (unpaired) electrons. The molecule has 1 N–H and O–H groups in total. The fourth-order valence-electron chi connectivity index (χ4n) is 4.21. The van der Waals surface area contributed by atoms with Crippen molar-refractivity contribution in [3.8, 4) is 17.0 Å². The Morgan fingerprint density at radius 2 is 1.81 bits per heavy atom. The van der Waals surface area contributed by atoms with Crippen molar-refractivity contribution in [2.45, 2.75) is 23.4 Å². The van der Waals surface area contributed by atoms with Gasteiger partial charge in [-0.1, -0.05) is 12.1 Å². The van der Waals surface area contributed by atoms with Crippen LogP contribution >= 0.6 is 0 Å². The third-order valence-electron chi connectivity index (χ3n) is 5.91. The van der Waals surface area contributed by atoms with Gasteiger partial charge in [-0.15, -0.1) is 5.10 Å². The molecule has 2 aromatic heterocycles. The van der Waals surface area contributed by atoms with E-state index in [-0.39, 0.29) is 34.3 Å². The molecule has 0 unspecified atom stereocenters. The van der Waals surface area contributed by atoms with Crippen molar-refractivity contribution in [1.82, 2.24) is 15.2 Å². The van der Waals surface area contributed by atoms with Crippen LogP contribution in [0.3, 0.4) is 0 Å². The zero-order valence-electron chi connectivity index (χ0n) is 18.9. The van der Waals surface area contributed by atoms with Gasteiger partial charge in [0.05, 0.1) is 29.0 Å². The van der Waals surface area contributed by atoms with E-state index in [1.54, 1.807) is 6.07 Å². The number of anilines is 1. The molecule has 0 aliphatic carbocycles. The molecule has 37 heavy (non-hydrogen) atoms. The second-order valence-corrected chi connectivity index (χ2v) is 9.95. The first-order chi connectivity index (χ1) is 17.6. The number of alkyl halides is 3. The van der Waals surface area contributed by atoms with E-state index < -0.39 is 33.5 Å². The maximum absolute atomic E-state index is 13.5. The Balaban J connectivity index is 1.56. The summed E-state index contributed by atoms with van der Waals surface area (Å²) in [6.07, 6.45) is -1.81. The molecule has 7 nitrogen and oxygen atoms in total. The Morgan fingerprint density at radius 1 is 1.00 bits per heavy atom. The zero-order valence-corrected chi connectivity index (χ0v) is 19.7. The standard InChI is InChI=1S/C25H18F4N4O3S/c26-16-4-8-22(30-14-16)21-12-15(25(27,28)29)3-6-18(21)19-9-11-36-23-13-17(5-7-20(19)23)37(34,35)33-24-2-1-10-31-32-24/h1-8,10,12-14,19H,9,11H2,(H,32,33)/t19-/m1/s1. The van der Waals surface area contributed by atoms with Crippen LogP contribution in [0, 0.1) is 5.82 Å². The predicted molar refractivity (Wildman–Crippen MR) is 126 cm³/mol. The minimum absolute atomic E-state index is 0.0419. The average molecular weight is 531 g/mol. The second-order valence-electron chi connectivity index (χ2n) is 8.27. The molecule has 0 bridgehead atoms. The first kappa shape index (κ1) is 24.6. The molecular formula is C25H18F4N4O3S. The van der Waals surface area contributed by atoms with Gasteiger partial charge < -0.3 is 4.74 Å². The summed E-state index contributed by atoms with van der Waals surface area (Å²) in [5.74, 6) is -0.702. The molecule has 0 amide bonds. The number of rotatable bonds is 5. The van der Waals surface area contributed by atoms with Crippen molar-refractivity contribution in [3.63, 3.8) is 0 Å². The number of benzene rings is 2. The number of halogens is 4. The number of pyridine rings is 1. The topological polar surface area (TPSA) is 94.1 Å². The molecule has 1 aliphatic heterocycles. The van der Waals surface area contributed by atoms with Gasteiger partial charge in [0, 0.05) is 29.3 Å². The van der Waals surface area contributed by atoms with Gasteiger partial charge >= 0.3 is 6.18 Å². The SMILES string of the molecule is O=S(=O)(Nc1cccnn1)c1ccc2c(c1)OCC[C@@H]2c1ccc(C(F)(F)F)cc1-c1ccc(F)cn1. The minimum Gasteiger partial charge on any atom is -0.493 e. The molecule has 4 aromatic rings. The van der Waals surface area contributed by atoms with Gasteiger partial charge in [0.15, 0.2) is 5.82 Å². The van der Waals surface area contributed by atoms with E-state index in [1.807, 2.05) is 0 Å². The zero-order chi connectivity index (χ0) is 26.2. The lowest BCUT2D eigenvalue weighted by molar-refractivity contribution is -0.137. The summed E-state index contributed by atoms with van der Waals surface area (Å²) in [4.78, 5) is 3.92. The molecule has 12 heteroatoms. The third kappa shape index (κ3) is 5.10. The van der Waals surface area contributed by atoms with E-state index in [0.29, 0.717) is 17.5 Å². The predicted octanol–water partition coefficient (Wildman–Crippen LogP) is 5.41. The van der Waals surface area contributed by atoms with Crippen molar-refractivity contribution in [2.75, 3.05) is 11.3 Å². The monoisotopic (exact) mass is 530 g/mol. The number of hydrogen-bond donors (Lipinski definition) is 1. The first-order valence-corrected chi connectivity index (χ1v) is 12.5. The van der Waals surface area contributed by atoms with E-state index in [1.165, 1.54) is 42.6 Å². The Hall–Kier alpha value is -4.06. The fraction of sp³-hybridized carbons (Fsp3) is 0.160. The van der Waals surface area contributed by atoms with Gasteiger partial charge in [0.2, 0.25) is 0 Å². The molecule has 0 saturated carbocycles. The number of nitrogens with zero attached hydrogens (tertiary/aromatic N) is 3. The van der Waals surface area contributed by atoms with E-state index in [4.69, 9.17) is 4.74 Å². The van der Waals surface area contributed by atoms with Gasteiger partial charge in [-0.25, -0.2) is 12.8 Å². The molecule has 1 aliphatic rings. The van der Waals surface area contributed by atoms with E-state index in [9.17, 15) is 26.0 Å². The Morgan fingerprint density at radius 3 is 2.51 bits per heavy atom. The highest BCUT2D eigenvalue weighted by Gasteiger charge is 2.33. The maximum Gasteiger partial charge on any atom is 0.416 e. The number of fused-ring (bicyclic) bond motifs is 1. The van der Waals surface area contributed by atoms with Gasteiger partial charge in [0.1, 0.15) is 11.6 Å². The summed E-state index contributed by atoms with van der Waals surface area (Å²) in [5, 5.41) is 7.35. The largest absolute Gasteiger partial charge is 0.493 e. The molecule has 190 valence electrons. The van der Waals surface area contributed by atoms with E-state index >= 15 is 0 Å². The van der Waals surface area contributed by atoms with Gasteiger partial charge in [-0.3, -0.25) is 9.71 Å². The van der Waals surface area contributed by atoms with Crippen LogP contribution in [0.4, 0.5) is 23.4 Å². The lowest BCUT2D eigenvalue weighted by Crippen LogP contribution is -2.19. The Kier molecular flexibility index (Phi) is 6.28. The van der Waals surface area contributed by atoms with Gasteiger partial charge in [-0.05, 0) is 54.4 Å².